The van der Waals surface area contributed by atoms with Gasteiger partial charge >= 0.3 is 0 Å². The largest absolute Gasteiger partial charge is 0.452 e. The van der Waals surface area contributed by atoms with Crippen molar-refractivity contribution in [1.29, 1.82) is 0 Å². The first-order valence-electron chi connectivity index (χ1n) is 5.63. The maximum Gasteiger partial charge on any atom is 0.264 e. The number of para-hydroxylation sites is 2. The molecular weight excluding hydrogens is 247 g/mol. The molecule has 4 heteroatoms. The Balaban J connectivity index is 2.00. The Kier molecular flexibility index (Phi) is 5.00. The molecule has 0 aliphatic rings. The van der Waals surface area contributed by atoms with Gasteiger partial charge in [-0.2, -0.15) is 0 Å². The third-order valence-corrected chi connectivity index (χ3v) is 2.45. The van der Waals surface area contributed by atoms with Gasteiger partial charge in [0.2, 0.25) is 0 Å². The standard InChI is InChI=1S/C14H15O3P/c18-15-11-14(16-12-7-3-1-4-8-12)17-13-9-5-2-6-10-13/h1-10,14H,11,18H2. The molecule has 0 radical (unpaired) electrons. The van der Waals surface area contributed by atoms with Crippen LogP contribution in [0.1, 0.15) is 0 Å². The predicted octanol–water partition coefficient (Wildman–Crippen LogP) is 3.28. The molecule has 0 aromatic heterocycles. The fourth-order valence-corrected chi connectivity index (χ4v) is 1.63. The lowest BCUT2D eigenvalue weighted by Crippen LogP contribution is -2.28. The van der Waals surface area contributed by atoms with Gasteiger partial charge < -0.3 is 14.0 Å². The topological polar surface area (TPSA) is 27.7 Å². The summed E-state index contributed by atoms with van der Waals surface area (Å²) < 4.78 is 16.4. The molecule has 1 unspecified atom stereocenters. The van der Waals surface area contributed by atoms with Gasteiger partial charge in [0.15, 0.2) is 0 Å². The first-order chi connectivity index (χ1) is 8.88. The monoisotopic (exact) mass is 262 g/mol. The number of ether oxygens (including phenoxy) is 2. The zero-order valence-electron chi connectivity index (χ0n) is 9.86. The van der Waals surface area contributed by atoms with E-state index in [-0.39, 0.29) is 0 Å². The maximum absolute atomic E-state index is 5.70. The summed E-state index contributed by atoms with van der Waals surface area (Å²) in [5.41, 5.74) is 0. The van der Waals surface area contributed by atoms with Crippen LogP contribution >= 0.6 is 9.47 Å². The molecule has 3 nitrogen and oxygen atoms in total. The van der Waals surface area contributed by atoms with Crippen molar-refractivity contribution in [2.45, 2.75) is 6.29 Å². The summed E-state index contributed by atoms with van der Waals surface area (Å²) in [7, 11) is 2.20. The molecule has 94 valence electrons. The van der Waals surface area contributed by atoms with E-state index in [1.165, 1.54) is 0 Å². The lowest BCUT2D eigenvalue weighted by Gasteiger charge is -2.19. The summed E-state index contributed by atoms with van der Waals surface area (Å²) in [6, 6.07) is 19.0. The van der Waals surface area contributed by atoms with Crippen molar-refractivity contribution in [3.05, 3.63) is 60.7 Å². The maximum atomic E-state index is 5.70. The van der Waals surface area contributed by atoms with E-state index >= 15 is 0 Å². The molecule has 1 atom stereocenters. The van der Waals surface area contributed by atoms with E-state index in [9.17, 15) is 0 Å². The van der Waals surface area contributed by atoms with E-state index in [4.69, 9.17) is 14.0 Å². The number of benzene rings is 2. The van der Waals surface area contributed by atoms with Crippen LogP contribution in [0.15, 0.2) is 60.7 Å². The Morgan fingerprint density at radius 2 is 1.22 bits per heavy atom. The second-order valence-electron chi connectivity index (χ2n) is 3.62. The van der Waals surface area contributed by atoms with E-state index in [2.05, 4.69) is 9.47 Å². The van der Waals surface area contributed by atoms with E-state index in [1.807, 2.05) is 60.7 Å². The van der Waals surface area contributed by atoms with Gasteiger partial charge in [0.1, 0.15) is 18.1 Å². The molecular formula is C14H15O3P. The van der Waals surface area contributed by atoms with Crippen molar-refractivity contribution in [2.75, 3.05) is 6.61 Å². The Bertz CT molecular complexity index is 406. The number of rotatable bonds is 6. The molecule has 0 saturated carbocycles. The van der Waals surface area contributed by atoms with Crippen LogP contribution in [0, 0.1) is 0 Å². The van der Waals surface area contributed by atoms with Crippen LogP contribution in [0.4, 0.5) is 0 Å². The molecule has 0 N–H and O–H groups in total. The molecule has 0 amide bonds. The zero-order chi connectivity index (χ0) is 12.6. The number of hydrogen-bond acceptors (Lipinski definition) is 3. The van der Waals surface area contributed by atoms with E-state index in [1.54, 1.807) is 0 Å². The van der Waals surface area contributed by atoms with Gasteiger partial charge in [-0.15, -0.1) is 0 Å². The fraction of sp³-hybridized carbons (Fsp3) is 0.143. The molecule has 0 bridgehead atoms. The van der Waals surface area contributed by atoms with Crippen LogP contribution in [-0.4, -0.2) is 12.9 Å². The molecule has 0 heterocycles. The molecule has 18 heavy (non-hydrogen) atoms. The average molecular weight is 262 g/mol. The van der Waals surface area contributed by atoms with Crippen molar-refractivity contribution >= 4 is 9.47 Å². The Hall–Kier alpha value is -1.57. The highest BCUT2D eigenvalue weighted by atomic mass is 31.0. The van der Waals surface area contributed by atoms with Crippen LogP contribution in [0.5, 0.6) is 11.5 Å². The lowest BCUT2D eigenvalue weighted by atomic mass is 10.3. The van der Waals surface area contributed by atoms with Crippen LogP contribution < -0.4 is 9.47 Å². The van der Waals surface area contributed by atoms with Crippen molar-refractivity contribution in [2.24, 2.45) is 0 Å². The SMILES string of the molecule is POCC(Oc1ccccc1)Oc1ccccc1. The van der Waals surface area contributed by atoms with Crippen molar-refractivity contribution in [3.8, 4) is 11.5 Å². The van der Waals surface area contributed by atoms with Crippen LogP contribution in [-0.2, 0) is 4.52 Å². The van der Waals surface area contributed by atoms with E-state index in [0.29, 0.717) is 6.61 Å². The normalized spacial score (nSPS) is 10.3. The number of hydrogen-bond donors (Lipinski definition) is 0. The van der Waals surface area contributed by atoms with Crippen LogP contribution in [0.3, 0.4) is 0 Å². The van der Waals surface area contributed by atoms with Gasteiger partial charge in [0.05, 0.1) is 0 Å². The highest BCUT2D eigenvalue weighted by Crippen LogP contribution is 2.16. The molecule has 2 rings (SSSR count). The molecule has 0 aliphatic carbocycles. The lowest BCUT2D eigenvalue weighted by molar-refractivity contribution is -0.0234. The minimum absolute atomic E-state index is 0.328. The van der Waals surface area contributed by atoms with Crippen molar-refractivity contribution < 1.29 is 14.0 Å². The van der Waals surface area contributed by atoms with E-state index < -0.39 is 6.29 Å². The van der Waals surface area contributed by atoms with Gasteiger partial charge in [0, 0.05) is 9.47 Å². The molecule has 0 spiro atoms. The van der Waals surface area contributed by atoms with Gasteiger partial charge in [-0.3, -0.25) is 0 Å². The van der Waals surface area contributed by atoms with Gasteiger partial charge in [0.25, 0.3) is 6.29 Å². The quantitative estimate of drug-likeness (QED) is 0.590. The average Bonchev–Trinajstić information content (AvgIpc) is 2.41. The highest BCUT2D eigenvalue weighted by Gasteiger charge is 2.11. The van der Waals surface area contributed by atoms with Crippen molar-refractivity contribution in [1.82, 2.24) is 0 Å². The van der Waals surface area contributed by atoms with Gasteiger partial charge in [-0.25, -0.2) is 0 Å². The van der Waals surface area contributed by atoms with Crippen LogP contribution in [0.2, 0.25) is 0 Å². The van der Waals surface area contributed by atoms with Gasteiger partial charge in [-0.05, 0) is 24.3 Å². The molecule has 0 saturated heterocycles. The highest BCUT2D eigenvalue weighted by molar-refractivity contribution is 7.09. The predicted molar refractivity (Wildman–Crippen MR) is 73.6 cm³/mol. The molecule has 2 aromatic carbocycles. The summed E-state index contributed by atoms with van der Waals surface area (Å²) in [6.07, 6.45) is -0.479. The minimum Gasteiger partial charge on any atom is -0.452 e. The van der Waals surface area contributed by atoms with E-state index in [0.717, 1.165) is 11.5 Å². The molecule has 2 aromatic rings. The Morgan fingerprint density at radius 1 is 0.778 bits per heavy atom. The summed E-state index contributed by atoms with van der Waals surface area (Å²) >= 11 is 0. The zero-order valence-corrected chi connectivity index (χ0v) is 11.0. The summed E-state index contributed by atoms with van der Waals surface area (Å²) in [4.78, 5) is 0. The smallest absolute Gasteiger partial charge is 0.264 e. The Morgan fingerprint density at radius 3 is 1.61 bits per heavy atom. The molecule has 0 aliphatic heterocycles. The third kappa shape index (κ3) is 4.02. The molecule has 0 fully saturated rings. The minimum atomic E-state index is -0.479. The fourth-order valence-electron chi connectivity index (χ4n) is 1.47. The third-order valence-electron chi connectivity index (χ3n) is 2.25. The first kappa shape index (κ1) is 12.9. The summed E-state index contributed by atoms with van der Waals surface area (Å²) in [6.45, 7) is 0.328. The summed E-state index contributed by atoms with van der Waals surface area (Å²) in [5, 5.41) is 0. The van der Waals surface area contributed by atoms with Crippen molar-refractivity contribution in [3.63, 3.8) is 0 Å². The Labute approximate surface area is 109 Å². The second-order valence-corrected chi connectivity index (χ2v) is 3.96. The first-order valence-corrected chi connectivity index (χ1v) is 6.11. The second kappa shape index (κ2) is 7.00. The summed E-state index contributed by atoms with van der Waals surface area (Å²) in [5.74, 6) is 1.50. The van der Waals surface area contributed by atoms with Crippen LogP contribution in [0.25, 0.3) is 0 Å². The van der Waals surface area contributed by atoms with Gasteiger partial charge in [-0.1, -0.05) is 36.4 Å².